The van der Waals surface area contributed by atoms with Gasteiger partial charge in [-0.3, -0.25) is 0 Å². The van der Waals surface area contributed by atoms with Crippen LogP contribution < -0.4 is 4.74 Å². The van der Waals surface area contributed by atoms with Gasteiger partial charge in [-0.1, -0.05) is 56.2 Å². The van der Waals surface area contributed by atoms with Crippen LogP contribution in [0.1, 0.15) is 74.0 Å². The summed E-state index contributed by atoms with van der Waals surface area (Å²) < 4.78 is 46.4. The number of methoxy groups -OCH3 is 1. The first kappa shape index (κ1) is 21.7. The van der Waals surface area contributed by atoms with Crippen molar-refractivity contribution in [2.45, 2.75) is 69.9 Å². The monoisotopic (exact) mass is 404 g/mol. The highest BCUT2D eigenvalue weighted by molar-refractivity contribution is 5.34. The number of ether oxygens (including phenoxy) is 1. The summed E-state index contributed by atoms with van der Waals surface area (Å²) in [6.45, 7) is 2.24. The van der Waals surface area contributed by atoms with Gasteiger partial charge in [0.2, 0.25) is 0 Å². The van der Waals surface area contributed by atoms with Crippen LogP contribution in [0.15, 0.2) is 48.5 Å². The maximum absolute atomic E-state index is 13.8. The zero-order valence-electron chi connectivity index (χ0n) is 17.3. The molecule has 0 bridgehead atoms. The smallest absolute Gasteiger partial charge is 0.396 e. The molecule has 0 heterocycles. The number of halogens is 3. The Kier molecular flexibility index (Phi) is 7.26. The molecule has 1 atom stereocenters. The Morgan fingerprint density at radius 2 is 1.69 bits per heavy atom. The first-order valence-corrected chi connectivity index (χ1v) is 10.7. The van der Waals surface area contributed by atoms with Gasteiger partial charge in [0.1, 0.15) is 5.75 Å². The zero-order chi connectivity index (χ0) is 20.9. The van der Waals surface area contributed by atoms with Crippen LogP contribution in [0.2, 0.25) is 0 Å². The van der Waals surface area contributed by atoms with E-state index in [0.29, 0.717) is 11.7 Å². The fraction of sp³-hybridized carbons (Fsp3) is 0.520. The molecule has 0 aromatic heterocycles. The van der Waals surface area contributed by atoms with Crippen LogP contribution in [0.4, 0.5) is 13.2 Å². The van der Waals surface area contributed by atoms with Crippen molar-refractivity contribution in [1.82, 2.24) is 0 Å². The second-order valence-electron chi connectivity index (χ2n) is 8.32. The third kappa shape index (κ3) is 5.77. The van der Waals surface area contributed by atoms with E-state index in [1.165, 1.54) is 63.3 Å². The van der Waals surface area contributed by atoms with Crippen LogP contribution in [0.25, 0.3) is 0 Å². The lowest BCUT2D eigenvalue weighted by Crippen LogP contribution is -2.23. The van der Waals surface area contributed by atoms with Gasteiger partial charge in [0, 0.05) is 0 Å². The van der Waals surface area contributed by atoms with E-state index in [-0.39, 0.29) is 12.0 Å². The topological polar surface area (TPSA) is 9.23 Å². The van der Waals surface area contributed by atoms with Gasteiger partial charge in [-0.2, -0.15) is 13.2 Å². The quantitative estimate of drug-likeness (QED) is 0.460. The minimum Gasteiger partial charge on any atom is -0.497 e. The van der Waals surface area contributed by atoms with Gasteiger partial charge in [0.05, 0.1) is 13.0 Å². The molecule has 1 fully saturated rings. The molecule has 0 amide bonds. The Balaban J connectivity index is 1.69. The first-order valence-electron chi connectivity index (χ1n) is 10.7. The maximum atomic E-state index is 13.8. The molecule has 1 saturated carbocycles. The minimum atomic E-state index is -4.30. The molecule has 2 aromatic carbocycles. The van der Waals surface area contributed by atoms with E-state index in [1.54, 1.807) is 12.1 Å². The van der Waals surface area contributed by atoms with Crippen molar-refractivity contribution in [2.24, 2.45) is 5.92 Å². The van der Waals surface area contributed by atoms with Crippen molar-refractivity contribution in [1.29, 1.82) is 0 Å². The van der Waals surface area contributed by atoms with Gasteiger partial charge in [0.25, 0.3) is 0 Å². The van der Waals surface area contributed by atoms with Gasteiger partial charge in [-0.05, 0) is 72.8 Å². The Bertz CT molecular complexity index is 758. The van der Waals surface area contributed by atoms with E-state index >= 15 is 0 Å². The molecule has 3 rings (SSSR count). The summed E-state index contributed by atoms with van der Waals surface area (Å²) in [6.07, 6.45) is 3.13. The van der Waals surface area contributed by atoms with Crippen LogP contribution in [0, 0.1) is 5.92 Å². The molecule has 4 heteroatoms. The average Bonchev–Trinajstić information content (AvgIpc) is 2.72. The molecule has 1 unspecified atom stereocenters. The number of hydrogen-bond donors (Lipinski definition) is 0. The Morgan fingerprint density at radius 3 is 2.28 bits per heavy atom. The first-order chi connectivity index (χ1) is 13.9. The lowest BCUT2D eigenvalue weighted by molar-refractivity contribution is -0.150. The van der Waals surface area contributed by atoms with E-state index in [0.717, 1.165) is 11.5 Å². The highest BCUT2D eigenvalue weighted by atomic mass is 19.4. The van der Waals surface area contributed by atoms with Crippen molar-refractivity contribution >= 4 is 0 Å². The van der Waals surface area contributed by atoms with Crippen molar-refractivity contribution in [3.8, 4) is 5.75 Å². The number of alkyl halides is 3. The van der Waals surface area contributed by atoms with E-state index in [2.05, 4.69) is 6.92 Å². The highest BCUT2D eigenvalue weighted by Gasteiger charge is 2.40. The fourth-order valence-electron chi connectivity index (χ4n) is 4.64. The molecule has 1 aliphatic carbocycles. The molecule has 158 valence electrons. The molecule has 0 N–H and O–H groups in total. The molecular formula is C25H31F3O. The number of benzene rings is 2. The summed E-state index contributed by atoms with van der Waals surface area (Å²) in [5.74, 6) is 0.318. The molecule has 0 aliphatic heterocycles. The van der Waals surface area contributed by atoms with E-state index in [9.17, 15) is 13.2 Å². The summed E-state index contributed by atoms with van der Waals surface area (Å²) in [7, 11) is 1.47. The summed E-state index contributed by atoms with van der Waals surface area (Å²) in [6, 6.07) is 14.1. The van der Waals surface area contributed by atoms with E-state index in [1.807, 2.05) is 24.3 Å². The lowest BCUT2D eigenvalue weighted by Gasteiger charge is -2.29. The minimum absolute atomic E-state index is 0.0554. The van der Waals surface area contributed by atoms with Crippen LogP contribution in [0.5, 0.6) is 5.75 Å². The largest absolute Gasteiger partial charge is 0.497 e. The van der Waals surface area contributed by atoms with Crippen LogP contribution in [-0.2, 0) is 6.42 Å². The molecule has 2 aromatic rings. The van der Waals surface area contributed by atoms with Gasteiger partial charge in [-0.25, -0.2) is 0 Å². The second kappa shape index (κ2) is 9.69. The van der Waals surface area contributed by atoms with Gasteiger partial charge < -0.3 is 4.74 Å². The van der Waals surface area contributed by atoms with Crippen LogP contribution >= 0.6 is 0 Å². The third-order valence-corrected chi connectivity index (χ3v) is 6.33. The van der Waals surface area contributed by atoms with Crippen molar-refractivity contribution in [3.63, 3.8) is 0 Å². The summed E-state index contributed by atoms with van der Waals surface area (Å²) >= 11 is 0. The predicted octanol–water partition coefficient (Wildman–Crippen LogP) is 7.66. The van der Waals surface area contributed by atoms with E-state index in [4.69, 9.17) is 4.74 Å². The third-order valence-electron chi connectivity index (χ3n) is 6.33. The Labute approximate surface area is 172 Å². The van der Waals surface area contributed by atoms with Gasteiger partial charge in [-0.15, -0.1) is 0 Å². The Morgan fingerprint density at radius 1 is 1.00 bits per heavy atom. The molecule has 0 spiro atoms. The molecule has 29 heavy (non-hydrogen) atoms. The predicted molar refractivity (Wildman–Crippen MR) is 112 cm³/mol. The molecular weight excluding hydrogens is 373 g/mol. The Hall–Kier alpha value is -1.97. The molecule has 0 saturated heterocycles. The van der Waals surface area contributed by atoms with Crippen LogP contribution in [0.3, 0.4) is 0 Å². The van der Waals surface area contributed by atoms with Crippen molar-refractivity contribution in [3.05, 3.63) is 65.2 Å². The van der Waals surface area contributed by atoms with Crippen molar-refractivity contribution in [2.75, 3.05) is 7.11 Å². The SMILES string of the molecule is CCCC1CCC(c2ccc(CC(c3cccc(OC)c3)C(F)(F)F)cc2)CC1. The molecule has 0 radical (unpaired) electrons. The highest BCUT2D eigenvalue weighted by Crippen LogP contribution is 2.40. The second-order valence-corrected chi connectivity index (χ2v) is 8.32. The number of hydrogen-bond acceptors (Lipinski definition) is 1. The normalized spacial score (nSPS) is 21.0. The summed E-state index contributed by atoms with van der Waals surface area (Å²) in [5.41, 5.74) is 2.24. The standard InChI is InChI=1S/C25H31F3O/c1-3-5-18-8-12-20(13-9-18)21-14-10-19(11-15-21)16-24(25(26,27)28)22-6-4-7-23(17-22)29-2/h4,6-7,10-11,14-15,17-18,20,24H,3,5,8-9,12-13,16H2,1-2H3. The summed E-state index contributed by atoms with van der Waals surface area (Å²) in [4.78, 5) is 0. The van der Waals surface area contributed by atoms with Crippen LogP contribution in [-0.4, -0.2) is 13.3 Å². The van der Waals surface area contributed by atoms with Crippen molar-refractivity contribution < 1.29 is 17.9 Å². The number of rotatable bonds is 7. The average molecular weight is 405 g/mol. The van der Waals surface area contributed by atoms with Gasteiger partial charge in [0.15, 0.2) is 0 Å². The maximum Gasteiger partial charge on any atom is 0.396 e. The molecule has 1 nitrogen and oxygen atoms in total. The zero-order valence-corrected chi connectivity index (χ0v) is 17.3. The fourth-order valence-corrected chi connectivity index (χ4v) is 4.64. The lowest BCUT2D eigenvalue weighted by atomic mass is 9.77. The summed E-state index contributed by atoms with van der Waals surface area (Å²) in [5, 5.41) is 0. The molecule has 1 aliphatic rings. The van der Waals surface area contributed by atoms with E-state index < -0.39 is 12.1 Å². The van der Waals surface area contributed by atoms with Gasteiger partial charge >= 0.3 is 6.18 Å².